The van der Waals surface area contributed by atoms with Crippen LogP contribution in [-0.2, 0) is 34.7 Å². The van der Waals surface area contributed by atoms with Crippen molar-refractivity contribution in [2.45, 2.75) is 111 Å². The molecule has 1 amide bonds. The summed E-state index contributed by atoms with van der Waals surface area (Å²) in [4.78, 5) is 30.2. The standard InChI is InChI=1S/C42H57ClN4O6Si/c1-28-33(26-36(45(28)8)34-25-29(43)17-22-32(34)40(49)52-41(2,3)4)39(48)47(30-18-20-31(21-19-30)53-54(10,11)42(5,6)7)37-27-44-46(9)35(37)15-14-24-51-38-16-12-13-23-50-38/h17-22,25-27,38H,12-16,23-24H2,1-11H3. The van der Waals surface area contributed by atoms with Gasteiger partial charge in [0.05, 0.1) is 35.3 Å². The summed E-state index contributed by atoms with van der Waals surface area (Å²) in [5.41, 5.74) is 4.34. The van der Waals surface area contributed by atoms with Gasteiger partial charge in [-0.2, -0.15) is 5.10 Å². The third-order valence-corrected chi connectivity index (χ3v) is 15.0. The number of benzene rings is 2. The maximum Gasteiger partial charge on any atom is 0.339 e. The SMILES string of the molecule is Cc1c(C(=O)N(c2ccc(O[Si](C)(C)C(C)(C)C)cc2)c2cnn(C)c2CCCOC2CCCCO2)cc(-c2cc(Cl)ccc2C(=O)OC(C)(C)C)n1C. The van der Waals surface area contributed by atoms with Gasteiger partial charge in [-0.25, -0.2) is 4.79 Å². The lowest BCUT2D eigenvalue weighted by Gasteiger charge is -2.36. The maximum atomic E-state index is 15.1. The number of hydrogen-bond acceptors (Lipinski definition) is 7. The van der Waals surface area contributed by atoms with Gasteiger partial charge in [-0.05, 0) is 126 Å². The van der Waals surface area contributed by atoms with E-state index in [1.807, 2.05) is 81.4 Å². The first kappa shape index (κ1) is 41.3. The molecule has 1 unspecified atom stereocenters. The molecule has 54 heavy (non-hydrogen) atoms. The van der Waals surface area contributed by atoms with Crippen LogP contribution in [0.4, 0.5) is 11.4 Å². The van der Waals surface area contributed by atoms with E-state index in [0.29, 0.717) is 51.8 Å². The van der Waals surface area contributed by atoms with Gasteiger partial charge in [0.25, 0.3) is 5.91 Å². The van der Waals surface area contributed by atoms with Crippen molar-refractivity contribution in [2.75, 3.05) is 18.1 Å². The second-order valence-corrected chi connectivity index (χ2v) is 21.8. The topological polar surface area (TPSA) is 97.1 Å². The Morgan fingerprint density at radius 3 is 2.33 bits per heavy atom. The van der Waals surface area contributed by atoms with Crippen LogP contribution in [0, 0.1) is 6.92 Å². The molecule has 0 radical (unpaired) electrons. The number of carbonyl (C=O) groups excluding carboxylic acids is 2. The lowest BCUT2D eigenvalue weighted by atomic mass is 10.0. The van der Waals surface area contributed by atoms with E-state index >= 15 is 4.79 Å². The lowest BCUT2D eigenvalue weighted by Crippen LogP contribution is -2.43. The number of esters is 1. The summed E-state index contributed by atoms with van der Waals surface area (Å²) in [6.45, 7) is 19.7. The van der Waals surface area contributed by atoms with Crippen LogP contribution < -0.4 is 9.33 Å². The summed E-state index contributed by atoms with van der Waals surface area (Å²) in [6.07, 6.45) is 6.02. The Morgan fingerprint density at radius 2 is 1.70 bits per heavy atom. The summed E-state index contributed by atoms with van der Waals surface area (Å²) < 4.78 is 27.9. The summed E-state index contributed by atoms with van der Waals surface area (Å²) in [5, 5.41) is 5.12. The Bertz CT molecular complexity index is 1950. The minimum Gasteiger partial charge on any atom is -0.544 e. The number of aryl methyl sites for hydroxylation is 1. The quantitative estimate of drug-likeness (QED) is 0.0803. The number of anilines is 2. The highest BCUT2D eigenvalue weighted by molar-refractivity contribution is 6.74. The molecule has 0 saturated carbocycles. The fraction of sp³-hybridized carbons (Fsp3) is 0.500. The molecule has 12 heteroatoms. The van der Waals surface area contributed by atoms with Crippen molar-refractivity contribution in [3.8, 4) is 17.0 Å². The molecule has 0 aliphatic carbocycles. The minimum atomic E-state index is -2.10. The monoisotopic (exact) mass is 776 g/mol. The molecule has 1 aliphatic heterocycles. The molecule has 0 N–H and O–H groups in total. The smallest absolute Gasteiger partial charge is 0.339 e. The molecule has 2 aromatic carbocycles. The molecule has 1 saturated heterocycles. The average Bonchev–Trinajstić information content (AvgIpc) is 3.60. The van der Waals surface area contributed by atoms with Crippen molar-refractivity contribution < 1.29 is 28.2 Å². The molecule has 3 heterocycles. The van der Waals surface area contributed by atoms with Crippen molar-refractivity contribution in [1.29, 1.82) is 0 Å². The van der Waals surface area contributed by atoms with E-state index in [1.54, 1.807) is 29.3 Å². The second-order valence-electron chi connectivity index (χ2n) is 16.6. The molecular weight excluding hydrogens is 720 g/mol. The summed E-state index contributed by atoms with van der Waals surface area (Å²) >= 11 is 6.50. The number of aromatic nitrogens is 3. The van der Waals surface area contributed by atoms with Crippen LogP contribution in [0.3, 0.4) is 0 Å². The zero-order valence-electron chi connectivity index (χ0n) is 33.8. The first-order valence-electron chi connectivity index (χ1n) is 18.8. The van der Waals surface area contributed by atoms with Gasteiger partial charge >= 0.3 is 5.97 Å². The Labute approximate surface area is 326 Å². The molecule has 0 bridgehead atoms. The first-order chi connectivity index (χ1) is 25.3. The Balaban J connectivity index is 1.54. The lowest BCUT2D eigenvalue weighted by molar-refractivity contribution is -0.162. The zero-order valence-corrected chi connectivity index (χ0v) is 35.6. The van der Waals surface area contributed by atoms with Gasteiger partial charge in [0.15, 0.2) is 6.29 Å². The van der Waals surface area contributed by atoms with Crippen molar-refractivity contribution in [1.82, 2.24) is 14.3 Å². The number of carbonyl (C=O) groups is 2. The van der Waals surface area contributed by atoms with Crippen molar-refractivity contribution in [3.63, 3.8) is 0 Å². The summed E-state index contributed by atoms with van der Waals surface area (Å²) in [7, 11) is 1.67. The van der Waals surface area contributed by atoms with Gasteiger partial charge in [0.1, 0.15) is 11.4 Å². The number of halogens is 1. The average molecular weight is 777 g/mol. The minimum absolute atomic E-state index is 0.0278. The highest BCUT2D eigenvalue weighted by Crippen LogP contribution is 2.39. The van der Waals surface area contributed by atoms with Crippen molar-refractivity contribution >= 4 is 43.2 Å². The highest BCUT2D eigenvalue weighted by atomic mass is 35.5. The Hall–Kier alpha value is -3.90. The summed E-state index contributed by atoms with van der Waals surface area (Å²) in [6, 6.07) is 14.6. The predicted octanol–water partition coefficient (Wildman–Crippen LogP) is 10.2. The number of nitrogens with zero attached hydrogens (tertiary/aromatic N) is 4. The van der Waals surface area contributed by atoms with Gasteiger partial charge < -0.3 is 23.2 Å². The number of hydrogen-bond donors (Lipinski definition) is 0. The fourth-order valence-electron chi connectivity index (χ4n) is 6.24. The van der Waals surface area contributed by atoms with E-state index in [9.17, 15) is 4.79 Å². The molecular formula is C42H57ClN4O6Si. The van der Waals surface area contributed by atoms with Gasteiger partial charge in [-0.1, -0.05) is 32.4 Å². The van der Waals surface area contributed by atoms with Crippen molar-refractivity contribution in [2.24, 2.45) is 14.1 Å². The van der Waals surface area contributed by atoms with Crippen LogP contribution in [0.5, 0.6) is 5.75 Å². The van der Waals surface area contributed by atoms with Crippen molar-refractivity contribution in [3.05, 3.63) is 82.3 Å². The molecule has 1 atom stereocenters. The van der Waals surface area contributed by atoms with Crippen LogP contribution in [-0.4, -0.2) is 59.6 Å². The molecule has 1 fully saturated rings. The molecule has 4 aromatic rings. The van der Waals surface area contributed by atoms with Crippen LogP contribution in [0.2, 0.25) is 23.2 Å². The van der Waals surface area contributed by atoms with Gasteiger partial charge in [0.2, 0.25) is 8.32 Å². The second kappa shape index (κ2) is 16.4. The maximum absolute atomic E-state index is 15.1. The largest absolute Gasteiger partial charge is 0.544 e. The number of rotatable bonds is 12. The molecule has 0 spiro atoms. The number of ether oxygens (including phenoxy) is 3. The van der Waals surface area contributed by atoms with E-state index in [4.69, 9.17) is 30.2 Å². The molecule has 1 aliphatic rings. The third-order valence-electron chi connectivity index (χ3n) is 10.4. The first-order valence-corrected chi connectivity index (χ1v) is 22.1. The van der Waals surface area contributed by atoms with Gasteiger partial charge in [-0.15, -0.1) is 0 Å². The Kier molecular flexibility index (Phi) is 12.6. The van der Waals surface area contributed by atoms with Crippen LogP contribution in [0.25, 0.3) is 11.3 Å². The zero-order chi connectivity index (χ0) is 39.6. The molecule has 2 aromatic heterocycles. The van der Waals surface area contributed by atoms with E-state index < -0.39 is 19.9 Å². The van der Waals surface area contributed by atoms with Crippen LogP contribution in [0.15, 0.2) is 54.7 Å². The van der Waals surface area contributed by atoms with Crippen LogP contribution >= 0.6 is 11.6 Å². The normalized spacial score (nSPS) is 15.3. The molecule has 5 rings (SSSR count). The number of amides is 1. The highest BCUT2D eigenvalue weighted by Gasteiger charge is 2.39. The van der Waals surface area contributed by atoms with Gasteiger partial charge in [-0.3, -0.25) is 14.4 Å². The Morgan fingerprint density at radius 1 is 1.00 bits per heavy atom. The molecule has 292 valence electrons. The van der Waals surface area contributed by atoms with E-state index in [2.05, 4.69) is 39.0 Å². The summed E-state index contributed by atoms with van der Waals surface area (Å²) in [5.74, 6) is 0.0518. The third kappa shape index (κ3) is 9.48. The van der Waals surface area contributed by atoms with E-state index in [1.165, 1.54) is 0 Å². The van der Waals surface area contributed by atoms with Gasteiger partial charge in [0, 0.05) is 48.4 Å². The molecule has 10 nitrogen and oxygen atoms in total. The fourth-order valence-corrected chi connectivity index (χ4v) is 7.44. The predicted molar refractivity (Wildman–Crippen MR) is 218 cm³/mol. The van der Waals surface area contributed by atoms with E-state index in [-0.39, 0.29) is 17.2 Å². The van der Waals surface area contributed by atoms with E-state index in [0.717, 1.165) is 49.4 Å². The van der Waals surface area contributed by atoms with Crippen LogP contribution in [0.1, 0.15) is 99.3 Å².